The van der Waals surface area contributed by atoms with Crippen LogP contribution in [0.1, 0.15) is 6.42 Å². The van der Waals surface area contributed by atoms with E-state index in [-0.39, 0.29) is 5.97 Å². The molecule has 0 atom stereocenters. The largest absolute Gasteiger partial charge is 0.367 e. The van der Waals surface area contributed by atoms with Crippen molar-refractivity contribution in [2.24, 2.45) is 5.73 Å². The third-order valence-corrected chi connectivity index (χ3v) is 1.000. The zero-order valence-corrected chi connectivity index (χ0v) is 4.46. The lowest BCUT2D eigenvalue weighted by atomic mass is 10.5. The third-order valence-electron chi connectivity index (χ3n) is 1.000. The molecule has 0 amide bonds. The predicted octanol–water partition coefficient (Wildman–Crippen LogP) is -0.933. The lowest BCUT2D eigenvalue weighted by Gasteiger charge is -2.06. The Morgan fingerprint density at radius 1 is 1.88 bits per heavy atom. The Kier molecular flexibility index (Phi) is 1.45. The maximum absolute atomic E-state index is 10.3. The summed E-state index contributed by atoms with van der Waals surface area (Å²) in [7, 11) is 0. The Morgan fingerprint density at radius 2 is 2.62 bits per heavy atom. The van der Waals surface area contributed by atoms with E-state index >= 15 is 0 Å². The molecule has 1 rings (SSSR count). The van der Waals surface area contributed by atoms with Crippen molar-refractivity contribution in [3.8, 4) is 0 Å². The van der Waals surface area contributed by atoms with Gasteiger partial charge in [-0.25, -0.2) is 0 Å². The average Bonchev–Trinajstić information content (AvgIpc) is 2.14. The van der Waals surface area contributed by atoms with Gasteiger partial charge < -0.3 is 10.6 Å². The van der Waals surface area contributed by atoms with E-state index in [0.717, 1.165) is 0 Å². The van der Waals surface area contributed by atoms with Crippen LogP contribution in [-0.4, -0.2) is 24.2 Å². The van der Waals surface area contributed by atoms with Crippen LogP contribution in [0.4, 0.5) is 0 Å². The van der Waals surface area contributed by atoms with E-state index in [1.165, 1.54) is 5.06 Å². The minimum Gasteiger partial charge on any atom is -0.367 e. The molecule has 1 aliphatic heterocycles. The fraction of sp³-hybridized carbons (Fsp3) is 0.750. The molecular weight excluding hydrogens is 108 g/mol. The maximum atomic E-state index is 10.3. The van der Waals surface area contributed by atoms with Gasteiger partial charge in [-0.1, -0.05) is 0 Å². The molecule has 0 bridgehead atoms. The summed E-state index contributed by atoms with van der Waals surface area (Å²) in [6.45, 7) is 0.932. The summed E-state index contributed by atoms with van der Waals surface area (Å²) in [6.07, 6.45) is 0.469. The SMILES string of the molecule is NCN1CCC(=O)O1. The fourth-order valence-corrected chi connectivity index (χ4v) is 0.580. The molecule has 1 fully saturated rings. The first kappa shape index (κ1) is 5.53. The van der Waals surface area contributed by atoms with Crippen molar-refractivity contribution in [3.63, 3.8) is 0 Å². The van der Waals surface area contributed by atoms with Gasteiger partial charge >= 0.3 is 5.97 Å². The van der Waals surface area contributed by atoms with E-state index in [0.29, 0.717) is 19.6 Å². The van der Waals surface area contributed by atoms with Crippen molar-refractivity contribution >= 4 is 5.97 Å². The predicted molar refractivity (Wildman–Crippen MR) is 26.5 cm³/mol. The summed E-state index contributed by atoms with van der Waals surface area (Å²) in [5.41, 5.74) is 5.14. The number of rotatable bonds is 1. The Labute approximate surface area is 47.2 Å². The van der Waals surface area contributed by atoms with E-state index < -0.39 is 0 Å². The first-order valence-electron chi connectivity index (χ1n) is 2.49. The third kappa shape index (κ3) is 0.962. The minimum atomic E-state index is -0.185. The first-order chi connectivity index (χ1) is 3.83. The lowest BCUT2D eigenvalue weighted by molar-refractivity contribution is -0.169. The minimum absolute atomic E-state index is 0.185. The molecule has 1 saturated heterocycles. The quantitative estimate of drug-likeness (QED) is 0.480. The number of hydrogen-bond acceptors (Lipinski definition) is 4. The zero-order chi connectivity index (χ0) is 5.98. The molecule has 4 heteroatoms. The summed E-state index contributed by atoms with van der Waals surface area (Å²) in [6, 6.07) is 0. The van der Waals surface area contributed by atoms with Gasteiger partial charge in [-0.3, -0.25) is 4.79 Å². The zero-order valence-electron chi connectivity index (χ0n) is 4.46. The highest BCUT2D eigenvalue weighted by Crippen LogP contribution is 2.02. The van der Waals surface area contributed by atoms with Gasteiger partial charge in [-0.15, -0.1) is 5.06 Å². The van der Waals surface area contributed by atoms with E-state index in [9.17, 15) is 4.79 Å². The highest BCUT2D eigenvalue weighted by molar-refractivity contribution is 5.70. The van der Waals surface area contributed by atoms with E-state index in [1.54, 1.807) is 0 Å². The molecule has 0 aromatic carbocycles. The van der Waals surface area contributed by atoms with Gasteiger partial charge in [-0.05, 0) is 0 Å². The van der Waals surface area contributed by atoms with Crippen LogP contribution >= 0.6 is 0 Å². The monoisotopic (exact) mass is 116 g/mol. The number of hydroxylamine groups is 2. The first-order valence-corrected chi connectivity index (χ1v) is 2.49. The number of carbonyl (C=O) groups is 1. The van der Waals surface area contributed by atoms with E-state index in [4.69, 9.17) is 5.73 Å². The second kappa shape index (κ2) is 2.11. The van der Waals surface area contributed by atoms with Crippen LogP contribution in [-0.2, 0) is 9.63 Å². The molecule has 0 aliphatic carbocycles. The van der Waals surface area contributed by atoms with Crippen molar-refractivity contribution in [2.45, 2.75) is 6.42 Å². The van der Waals surface area contributed by atoms with Gasteiger partial charge in [0.1, 0.15) is 0 Å². The highest BCUT2D eigenvalue weighted by atomic mass is 16.7. The Bertz CT molecular complexity index is 104. The van der Waals surface area contributed by atoms with Crippen LogP contribution < -0.4 is 5.73 Å². The van der Waals surface area contributed by atoms with Crippen molar-refractivity contribution < 1.29 is 9.63 Å². The van der Waals surface area contributed by atoms with E-state index in [1.807, 2.05) is 0 Å². The van der Waals surface area contributed by atoms with Gasteiger partial charge in [0.05, 0.1) is 13.1 Å². The van der Waals surface area contributed by atoms with Crippen LogP contribution in [0.5, 0.6) is 0 Å². The lowest BCUT2D eigenvalue weighted by Crippen LogP contribution is -2.25. The Morgan fingerprint density at radius 3 is 2.88 bits per heavy atom. The summed E-state index contributed by atoms with van der Waals surface area (Å²) in [5, 5.41) is 1.43. The summed E-state index contributed by atoms with van der Waals surface area (Å²) >= 11 is 0. The van der Waals surface area contributed by atoms with Gasteiger partial charge in [0.15, 0.2) is 0 Å². The van der Waals surface area contributed by atoms with Gasteiger partial charge in [0.25, 0.3) is 0 Å². The molecule has 1 heterocycles. The van der Waals surface area contributed by atoms with Crippen LogP contribution in [0.3, 0.4) is 0 Å². The summed E-state index contributed by atoms with van der Waals surface area (Å²) in [4.78, 5) is 14.9. The van der Waals surface area contributed by atoms with Gasteiger partial charge in [0, 0.05) is 6.54 Å². The second-order valence-corrected chi connectivity index (χ2v) is 1.60. The summed E-state index contributed by atoms with van der Waals surface area (Å²) < 4.78 is 0. The van der Waals surface area contributed by atoms with Crippen LogP contribution in [0.2, 0.25) is 0 Å². The highest BCUT2D eigenvalue weighted by Gasteiger charge is 2.18. The molecule has 2 N–H and O–H groups in total. The molecule has 46 valence electrons. The van der Waals surface area contributed by atoms with Crippen LogP contribution in [0.25, 0.3) is 0 Å². The van der Waals surface area contributed by atoms with Crippen molar-refractivity contribution in [1.29, 1.82) is 0 Å². The van der Waals surface area contributed by atoms with Crippen molar-refractivity contribution in [1.82, 2.24) is 5.06 Å². The van der Waals surface area contributed by atoms with Crippen LogP contribution in [0.15, 0.2) is 0 Å². The molecule has 4 nitrogen and oxygen atoms in total. The molecular formula is C4H8N2O2. The maximum Gasteiger partial charge on any atom is 0.326 e. The fourth-order valence-electron chi connectivity index (χ4n) is 0.580. The van der Waals surface area contributed by atoms with Crippen molar-refractivity contribution in [2.75, 3.05) is 13.2 Å². The normalized spacial score (nSPS) is 21.4. The smallest absolute Gasteiger partial charge is 0.326 e. The molecule has 0 radical (unpaired) electrons. The Hall–Kier alpha value is -0.610. The van der Waals surface area contributed by atoms with Gasteiger partial charge in [0.2, 0.25) is 0 Å². The standard InChI is InChI=1S/C4H8N2O2/c5-3-6-2-1-4(7)8-6/h1-3,5H2. The Balaban J connectivity index is 2.32. The molecule has 0 saturated carbocycles. The number of nitrogens with two attached hydrogens (primary N) is 1. The molecule has 0 spiro atoms. The topological polar surface area (TPSA) is 55.6 Å². The average molecular weight is 116 g/mol. The molecule has 0 aromatic rings. The summed E-state index contributed by atoms with van der Waals surface area (Å²) in [5.74, 6) is -0.185. The number of hydrogen-bond donors (Lipinski definition) is 1. The number of nitrogens with zero attached hydrogens (tertiary/aromatic N) is 1. The van der Waals surface area contributed by atoms with Crippen LogP contribution in [0, 0.1) is 0 Å². The van der Waals surface area contributed by atoms with Gasteiger partial charge in [-0.2, -0.15) is 0 Å². The molecule has 0 aromatic heterocycles. The molecule has 1 aliphatic rings. The van der Waals surface area contributed by atoms with Crippen molar-refractivity contribution in [3.05, 3.63) is 0 Å². The second-order valence-electron chi connectivity index (χ2n) is 1.60. The van der Waals surface area contributed by atoms with E-state index in [2.05, 4.69) is 4.84 Å². The molecule has 0 unspecified atom stereocenters. The number of carbonyl (C=O) groups excluding carboxylic acids is 1. The molecule has 8 heavy (non-hydrogen) atoms.